The van der Waals surface area contributed by atoms with Gasteiger partial charge in [-0.15, -0.1) is 5.10 Å². The predicted octanol–water partition coefficient (Wildman–Crippen LogP) is 0.0401. The fourth-order valence-corrected chi connectivity index (χ4v) is 1.67. The van der Waals surface area contributed by atoms with Crippen LogP contribution in [0.15, 0.2) is 18.3 Å². The van der Waals surface area contributed by atoms with E-state index in [1.54, 1.807) is 12.1 Å². The van der Waals surface area contributed by atoms with Crippen molar-refractivity contribution in [1.29, 1.82) is 0 Å². The van der Waals surface area contributed by atoms with Gasteiger partial charge < -0.3 is 5.21 Å². The molecule has 0 radical (unpaired) electrons. The Bertz CT molecular complexity index is 604. The lowest BCUT2D eigenvalue weighted by Gasteiger charge is -1.97. The Morgan fingerprint density at radius 2 is 2.27 bits per heavy atom. The second kappa shape index (κ2) is 3.09. The number of nitrogens with one attached hydrogen (secondary N) is 1. The van der Waals surface area contributed by atoms with Crippen LogP contribution in [-0.4, -0.2) is 34.8 Å². The fraction of sp³-hybridized carbons (Fsp3) is 0.143. The van der Waals surface area contributed by atoms with Crippen LogP contribution in [0.1, 0.15) is 0 Å². The Balaban J connectivity index is 2.62. The summed E-state index contributed by atoms with van der Waals surface area (Å²) in [6.07, 6.45) is 2.48. The summed E-state index contributed by atoms with van der Waals surface area (Å²) in [5.74, 6) is 0.00981. The third-order valence-corrected chi connectivity index (χ3v) is 2.27. The van der Waals surface area contributed by atoms with Gasteiger partial charge in [-0.05, 0) is 12.1 Å². The van der Waals surface area contributed by atoms with Gasteiger partial charge in [0, 0.05) is 6.20 Å². The Labute approximate surface area is 85.4 Å². The molecule has 0 aliphatic rings. The minimum atomic E-state index is -3.43. The summed E-state index contributed by atoms with van der Waals surface area (Å²) in [5.41, 5.74) is 0.633. The number of aromatic nitrogens is 3. The van der Waals surface area contributed by atoms with Crippen molar-refractivity contribution in [2.45, 2.75) is 0 Å². The molecule has 0 unspecified atom stereocenters. The van der Waals surface area contributed by atoms with E-state index >= 15 is 0 Å². The molecule has 0 saturated heterocycles. The molecule has 2 aromatic rings. The minimum Gasteiger partial charge on any atom is -0.411 e. The first-order chi connectivity index (χ1) is 6.97. The second-order valence-corrected chi connectivity index (χ2v) is 4.73. The van der Waals surface area contributed by atoms with Gasteiger partial charge in [0.15, 0.2) is 5.82 Å². The SMILES string of the molecule is CS(=O)(=O)Nc1nn(O)c2cccnc12. The monoisotopic (exact) mass is 228 g/mol. The van der Waals surface area contributed by atoms with Crippen molar-refractivity contribution in [2.75, 3.05) is 11.0 Å². The molecule has 0 saturated carbocycles. The summed E-state index contributed by atoms with van der Waals surface area (Å²) < 4.78 is 24.1. The van der Waals surface area contributed by atoms with E-state index in [2.05, 4.69) is 14.8 Å². The average Bonchev–Trinajstić information content (AvgIpc) is 2.42. The number of nitrogens with zero attached hydrogens (tertiary/aromatic N) is 3. The van der Waals surface area contributed by atoms with E-state index in [1.807, 2.05) is 0 Å². The van der Waals surface area contributed by atoms with Crippen LogP contribution in [0.5, 0.6) is 0 Å². The lowest BCUT2D eigenvalue weighted by molar-refractivity contribution is 0.162. The van der Waals surface area contributed by atoms with Gasteiger partial charge in [-0.25, -0.2) is 8.42 Å². The molecule has 0 aliphatic carbocycles. The molecule has 0 atom stereocenters. The first-order valence-electron chi connectivity index (χ1n) is 3.98. The molecule has 0 aromatic carbocycles. The molecule has 0 bridgehead atoms. The largest absolute Gasteiger partial charge is 0.411 e. The highest BCUT2D eigenvalue weighted by atomic mass is 32.2. The van der Waals surface area contributed by atoms with Gasteiger partial charge in [-0.2, -0.15) is 0 Å². The normalized spacial score (nSPS) is 11.8. The summed E-state index contributed by atoms with van der Waals surface area (Å²) in [6.45, 7) is 0. The van der Waals surface area contributed by atoms with Crippen LogP contribution < -0.4 is 4.72 Å². The zero-order valence-electron chi connectivity index (χ0n) is 7.75. The lowest BCUT2D eigenvalue weighted by atomic mass is 10.4. The second-order valence-electron chi connectivity index (χ2n) is 2.98. The number of rotatable bonds is 2. The van der Waals surface area contributed by atoms with Crippen molar-refractivity contribution in [3.8, 4) is 0 Å². The molecule has 0 amide bonds. The highest BCUT2D eigenvalue weighted by Crippen LogP contribution is 2.19. The molecule has 0 spiro atoms. The van der Waals surface area contributed by atoms with Crippen molar-refractivity contribution in [3.63, 3.8) is 0 Å². The molecule has 0 fully saturated rings. The summed E-state index contributed by atoms with van der Waals surface area (Å²) >= 11 is 0. The van der Waals surface area contributed by atoms with Crippen LogP contribution in [-0.2, 0) is 10.0 Å². The first-order valence-corrected chi connectivity index (χ1v) is 5.87. The first kappa shape index (κ1) is 9.71. The van der Waals surface area contributed by atoms with Crippen LogP contribution in [0.25, 0.3) is 11.0 Å². The average molecular weight is 228 g/mol. The minimum absolute atomic E-state index is 0.00981. The van der Waals surface area contributed by atoms with Crippen LogP contribution in [0.2, 0.25) is 0 Å². The highest BCUT2D eigenvalue weighted by molar-refractivity contribution is 7.92. The molecule has 2 heterocycles. The van der Waals surface area contributed by atoms with E-state index in [1.165, 1.54) is 6.20 Å². The molecule has 0 aliphatic heterocycles. The van der Waals surface area contributed by atoms with Crippen molar-refractivity contribution >= 4 is 26.9 Å². The maximum absolute atomic E-state index is 11.0. The summed E-state index contributed by atoms with van der Waals surface area (Å²) in [5, 5.41) is 12.9. The molecule has 15 heavy (non-hydrogen) atoms. The Morgan fingerprint density at radius 3 is 2.93 bits per heavy atom. The predicted molar refractivity (Wildman–Crippen MR) is 53.2 cm³/mol. The van der Waals surface area contributed by atoms with Crippen molar-refractivity contribution in [1.82, 2.24) is 14.9 Å². The number of pyridine rings is 1. The number of anilines is 1. The number of hydrogen-bond acceptors (Lipinski definition) is 5. The number of hydrogen-bond donors (Lipinski definition) is 2. The Hall–Kier alpha value is -1.83. The molecule has 2 N–H and O–H groups in total. The fourth-order valence-electron chi connectivity index (χ4n) is 1.18. The third kappa shape index (κ3) is 1.84. The van der Waals surface area contributed by atoms with Crippen LogP contribution in [0, 0.1) is 0 Å². The van der Waals surface area contributed by atoms with Gasteiger partial charge in [0.1, 0.15) is 11.0 Å². The third-order valence-electron chi connectivity index (χ3n) is 1.70. The summed E-state index contributed by atoms with van der Waals surface area (Å²) in [4.78, 5) is 4.50. The van der Waals surface area contributed by atoms with Gasteiger partial charge in [0.25, 0.3) is 0 Å². The van der Waals surface area contributed by atoms with E-state index in [4.69, 9.17) is 0 Å². The van der Waals surface area contributed by atoms with Crippen LogP contribution in [0.3, 0.4) is 0 Å². The van der Waals surface area contributed by atoms with E-state index in [-0.39, 0.29) is 5.82 Å². The Kier molecular flexibility index (Phi) is 2.00. The van der Waals surface area contributed by atoms with Crippen molar-refractivity contribution < 1.29 is 13.6 Å². The quantitative estimate of drug-likeness (QED) is 0.707. The Morgan fingerprint density at radius 1 is 1.53 bits per heavy atom. The van der Waals surface area contributed by atoms with Gasteiger partial charge in [-0.1, -0.05) is 4.85 Å². The van der Waals surface area contributed by atoms with Gasteiger partial charge >= 0.3 is 0 Å². The summed E-state index contributed by atoms with van der Waals surface area (Å²) in [6, 6.07) is 3.18. The molecular weight excluding hydrogens is 220 g/mol. The smallest absolute Gasteiger partial charge is 0.231 e. The maximum Gasteiger partial charge on any atom is 0.231 e. The molecule has 2 aromatic heterocycles. The highest BCUT2D eigenvalue weighted by Gasteiger charge is 2.13. The molecule has 2 rings (SSSR count). The van der Waals surface area contributed by atoms with Crippen molar-refractivity contribution in [3.05, 3.63) is 18.3 Å². The van der Waals surface area contributed by atoms with E-state index in [9.17, 15) is 13.6 Å². The number of fused-ring (bicyclic) bond motifs is 1. The molecule has 80 valence electrons. The van der Waals surface area contributed by atoms with E-state index < -0.39 is 10.0 Å². The standard InChI is InChI=1S/C7H8N4O3S/c1-15(13,14)10-7-6-5(11(12)9-7)3-2-4-8-6/h2-4,12H,1H3,(H,9,10). The summed E-state index contributed by atoms with van der Waals surface area (Å²) in [7, 11) is -3.43. The van der Waals surface area contributed by atoms with Crippen molar-refractivity contribution in [2.24, 2.45) is 0 Å². The van der Waals surface area contributed by atoms with Gasteiger partial charge in [-0.3, -0.25) is 9.71 Å². The number of sulfonamides is 1. The van der Waals surface area contributed by atoms with Gasteiger partial charge in [0.2, 0.25) is 10.0 Å². The zero-order valence-corrected chi connectivity index (χ0v) is 8.56. The van der Waals surface area contributed by atoms with Crippen LogP contribution in [0.4, 0.5) is 5.82 Å². The molecule has 7 nitrogen and oxygen atoms in total. The molecular formula is C7H8N4O3S. The zero-order chi connectivity index (χ0) is 11.1. The van der Waals surface area contributed by atoms with E-state index in [0.29, 0.717) is 15.9 Å². The maximum atomic E-state index is 11.0. The van der Waals surface area contributed by atoms with Crippen LogP contribution >= 0.6 is 0 Å². The topological polar surface area (TPSA) is 97.1 Å². The lowest BCUT2D eigenvalue weighted by Crippen LogP contribution is -2.10. The molecule has 8 heteroatoms. The van der Waals surface area contributed by atoms with Gasteiger partial charge in [0.05, 0.1) is 6.26 Å². The van der Waals surface area contributed by atoms with E-state index in [0.717, 1.165) is 6.26 Å².